The van der Waals surface area contributed by atoms with Crippen molar-refractivity contribution in [2.24, 2.45) is 0 Å². The second-order valence-corrected chi connectivity index (χ2v) is 7.49. The quantitative estimate of drug-likeness (QED) is 0.429. The van der Waals surface area contributed by atoms with Crippen LogP contribution in [0.25, 0.3) is 0 Å². The number of anilines is 1. The van der Waals surface area contributed by atoms with Gasteiger partial charge in [-0.05, 0) is 37.6 Å². The molecule has 0 saturated heterocycles. The van der Waals surface area contributed by atoms with Crippen molar-refractivity contribution in [2.45, 2.75) is 19.3 Å². The molecule has 2 heterocycles. The molecule has 0 spiro atoms. The Bertz CT molecular complexity index is 1050. The number of ether oxygens (including phenoxy) is 1. The Morgan fingerprint density at radius 2 is 1.77 bits per heavy atom. The van der Waals surface area contributed by atoms with E-state index < -0.39 is 0 Å². The molecule has 0 fully saturated rings. The molecule has 2 aromatic carbocycles. The molecule has 4 rings (SSSR count). The first-order valence-electron chi connectivity index (χ1n) is 9.43. The van der Waals surface area contributed by atoms with Gasteiger partial charge in [0.05, 0.1) is 5.69 Å². The Morgan fingerprint density at radius 3 is 2.50 bits per heavy atom. The number of para-hydroxylation sites is 2. The molecule has 1 aliphatic rings. The predicted molar refractivity (Wildman–Crippen MR) is 114 cm³/mol. The second kappa shape index (κ2) is 8.93. The molecule has 1 aliphatic heterocycles. The number of rotatable bonds is 5. The minimum atomic E-state index is -0.385. The van der Waals surface area contributed by atoms with Gasteiger partial charge >= 0.3 is 21.1 Å². The third-order valence-corrected chi connectivity index (χ3v) is 4.94. The number of aromatic hydroxyl groups is 1. The van der Waals surface area contributed by atoms with Crippen molar-refractivity contribution in [3.05, 3.63) is 97.1 Å². The van der Waals surface area contributed by atoms with Crippen molar-refractivity contribution in [3.63, 3.8) is 0 Å². The Morgan fingerprint density at radius 1 is 1.00 bits per heavy atom. The number of pyridine rings is 1. The topological polar surface area (TPSA) is 48.8 Å². The molecule has 0 saturated carbocycles. The van der Waals surface area contributed by atoms with Crippen molar-refractivity contribution in [3.8, 4) is 17.4 Å². The zero-order chi connectivity index (χ0) is 20.4. The fourth-order valence-electron chi connectivity index (χ4n) is 3.18. The monoisotopic (exact) mass is 580 g/mol. The molecule has 5 nitrogen and oxygen atoms in total. The fraction of sp³-hybridized carbons (Fsp3) is 0.167. The van der Waals surface area contributed by atoms with Crippen LogP contribution < -0.4 is 9.64 Å². The van der Waals surface area contributed by atoms with Gasteiger partial charge in [0.15, 0.2) is 11.5 Å². The number of phenolic OH excluding ortho intramolecular Hbond substituents is 1. The maximum absolute atomic E-state index is 9.96. The summed E-state index contributed by atoms with van der Waals surface area (Å²) in [6.07, 6.45) is 3.99. The van der Waals surface area contributed by atoms with E-state index in [1.54, 1.807) is 24.3 Å². The summed E-state index contributed by atoms with van der Waals surface area (Å²) < 4.78 is 5.80. The van der Waals surface area contributed by atoms with Crippen LogP contribution in [0.1, 0.15) is 25.1 Å². The van der Waals surface area contributed by atoms with E-state index in [-0.39, 0.29) is 32.2 Å². The van der Waals surface area contributed by atoms with Crippen LogP contribution in [-0.2, 0) is 26.5 Å². The molecule has 30 heavy (non-hydrogen) atoms. The minimum Gasteiger partial charge on any atom is -0.510 e. The Kier molecular flexibility index (Phi) is 6.52. The smallest absolute Gasteiger partial charge is 0.510 e. The van der Waals surface area contributed by atoms with E-state index in [0.717, 1.165) is 16.9 Å². The normalized spacial score (nSPS) is 13.3. The number of benzene rings is 2. The summed E-state index contributed by atoms with van der Waals surface area (Å²) in [4.78, 5) is 8.73. The van der Waals surface area contributed by atoms with Gasteiger partial charge in [-0.25, -0.2) is 4.98 Å². The minimum absolute atomic E-state index is 0. The zero-order valence-electron chi connectivity index (χ0n) is 17.0. The molecule has 156 valence electrons. The predicted octanol–water partition coefficient (Wildman–Crippen LogP) is 5.05. The van der Waals surface area contributed by atoms with Crippen molar-refractivity contribution < 1.29 is 30.9 Å². The van der Waals surface area contributed by atoms with Gasteiger partial charge in [0, 0.05) is 11.5 Å². The fourth-order valence-corrected chi connectivity index (χ4v) is 3.18. The van der Waals surface area contributed by atoms with Gasteiger partial charge in [0.25, 0.3) is 0 Å². The molecular formula is C24H23N3O2Pt. The standard InChI is InChI=1S/C24H23N3O2.Pt/c1-24(2,18-8-6-9-19(16-18)27-15-14-26(3)17-27)22-12-7-13-23(25-22)29-21-11-5-4-10-20(21)28;/h4-15,17,28H,1-3H3;/q-2;+2. The van der Waals surface area contributed by atoms with Crippen LogP contribution in [-0.4, -0.2) is 22.0 Å². The molecular weight excluding hydrogens is 557 g/mol. The van der Waals surface area contributed by atoms with Crippen molar-refractivity contribution >= 4 is 5.69 Å². The van der Waals surface area contributed by atoms with Crippen molar-refractivity contribution in [2.75, 3.05) is 11.9 Å². The Labute approximate surface area is 191 Å². The van der Waals surface area contributed by atoms with Gasteiger partial charge < -0.3 is 19.6 Å². The summed E-state index contributed by atoms with van der Waals surface area (Å²) in [7, 11) is 1.99. The molecule has 0 bridgehead atoms. The average molecular weight is 581 g/mol. The van der Waals surface area contributed by atoms with Crippen LogP contribution in [0.3, 0.4) is 0 Å². The SMILES string of the molecule is CN1C=CN(c2[c-]c(C(C)(C)c3cccc(Oc4ccccc4O)n3)ccc2)[CH-]1.[Pt+2]. The molecule has 1 N–H and O–H groups in total. The van der Waals surface area contributed by atoms with Crippen LogP contribution in [0.5, 0.6) is 17.4 Å². The van der Waals surface area contributed by atoms with E-state index in [0.29, 0.717) is 11.6 Å². The molecule has 0 atom stereocenters. The molecule has 0 aliphatic carbocycles. The van der Waals surface area contributed by atoms with E-state index in [1.165, 1.54) is 0 Å². The summed E-state index contributed by atoms with van der Waals surface area (Å²) >= 11 is 0. The van der Waals surface area contributed by atoms with Crippen molar-refractivity contribution in [1.29, 1.82) is 0 Å². The first-order valence-corrected chi connectivity index (χ1v) is 9.43. The first kappa shape index (κ1) is 21.9. The van der Waals surface area contributed by atoms with Gasteiger partial charge in [-0.15, -0.1) is 11.3 Å². The van der Waals surface area contributed by atoms with Crippen LogP contribution in [0.4, 0.5) is 5.69 Å². The maximum Gasteiger partial charge on any atom is 2.00 e. The van der Waals surface area contributed by atoms with Crippen LogP contribution in [0.15, 0.2) is 73.1 Å². The zero-order valence-corrected chi connectivity index (χ0v) is 19.3. The van der Waals surface area contributed by atoms with Gasteiger partial charge in [-0.3, -0.25) is 0 Å². The van der Waals surface area contributed by atoms with Crippen LogP contribution in [0, 0.1) is 12.7 Å². The van der Waals surface area contributed by atoms with E-state index in [1.807, 2.05) is 66.2 Å². The molecule has 3 aromatic rings. The number of hydrogen-bond donors (Lipinski definition) is 1. The summed E-state index contributed by atoms with van der Waals surface area (Å²) in [5, 5.41) is 9.96. The third-order valence-electron chi connectivity index (χ3n) is 4.94. The van der Waals surface area contributed by atoms with Crippen LogP contribution >= 0.6 is 0 Å². The largest absolute Gasteiger partial charge is 2.00 e. The summed E-state index contributed by atoms with van der Waals surface area (Å²) in [5.41, 5.74) is 2.47. The number of phenols is 1. The van der Waals surface area contributed by atoms with Gasteiger partial charge in [0.1, 0.15) is 0 Å². The molecule has 0 unspecified atom stereocenters. The summed E-state index contributed by atoms with van der Waals surface area (Å²) in [6, 6.07) is 22.2. The summed E-state index contributed by atoms with van der Waals surface area (Å²) in [5.74, 6) is 0.898. The van der Waals surface area contributed by atoms with E-state index >= 15 is 0 Å². The Hall–Kier alpha value is -2.78. The molecule has 1 aromatic heterocycles. The van der Waals surface area contributed by atoms with Gasteiger partial charge in [-0.1, -0.05) is 32.0 Å². The first-order chi connectivity index (χ1) is 13.9. The van der Waals surface area contributed by atoms with E-state index in [9.17, 15) is 5.11 Å². The van der Waals surface area contributed by atoms with Gasteiger partial charge in [0.2, 0.25) is 5.88 Å². The Balaban J connectivity index is 0.00000256. The van der Waals surface area contributed by atoms with E-state index in [2.05, 4.69) is 26.0 Å². The molecule has 6 heteroatoms. The van der Waals surface area contributed by atoms with Gasteiger partial charge in [-0.2, -0.15) is 30.9 Å². The average Bonchev–Trinajstić information content (AvgIpc) is 3.16. The number of hydrogen-bond acceptors (Lipinski definition) is 5. The van der Waals surface area contributed by atoms with Crippen molar-refractivity contribution in [1.82, 2.24) is 9.88 Å². The number of nitrogens with zero attached hydrogens (tertiary/aromatic N) is 3. The maximum atomic E-state index is 9.96. The third kappa shape index (κ3) is 4.52. The van der Waals surface area contributed by atoms with Crippen LogP contribution in [0.2, 0.25) is 0 Å². The molecule has 0 amide bonds. The number of aromatic nitrogens is 1. The molecule has 0 radical (unpaired) electrons. The van der Waals surface area contributed by atoms with E-state index in [4.69, 9.17) is 9.72 Å². The second-order valence-electron chi connectivity index (χ2n) is 7.49. The summed E-state index contributed by atoms with van der Waals surface area (Å²) in [6.45, 7) is 6.23.